The summed E-state index contributed by atoms with van der Waals surface area (Å²) in [4.78, 5) is 9.98. The molecule has 0 unspecified atom stereocenters. The van der Waals surface area contributed by atoms with E-state index in [1.54, 1.807) is 0 Å². The molecule has 1 aromatic carbocycles. The summed E-state index contributed by atoms with van der Waals surface area (Å²) in [6.07, 6.45) is 0. The zero-order chi connectivity index (χ0) is 12.3. The van der Waals surface area contributed by atoms with E-state index in [0.29, 0.717) is 6.54 Å². The van der Waals surface area contributed by atoms with Crippen LogP contribution in [0.1, 0.15) is 20.8 Å². The van der Waals surface area contributed by atoms with Crippen LogP contribution in [0.5, 0.6) is 0 Å². The van der Waals surface area contributed by atoms with Crippen molar-refractivity contribution in [3.05, 3.63) is 34.1 Å². The Labute approximate surface area is 93.6 Å². The summed E-state index contributed by atoms with van der Waals surface area (Å²) in [6, 6.07) is 4.04. The predicted octanol–water partition coefficient (Wildman–Crippen LogP) is 3.19. The van der Waals surface area contributed by atoms with Gasteiger partial charge in [-0.2, -0.15) is 4.39 Å². The first-order valence-corrected chi connectivity index (χ1v) is 4.98. The molecule has 1 N–H and O–H groups in total. The lowest BCUT2D eigenvalue weighted by Gasteiger charge is -2.19. The van der Waals surface area contributed by atoms with Crippen LogP contribution in [0, 0.1) is 21.3 Å². The van der Waals surface area contributed by atoms with Gasteiger partial charge in [-0.05, 0) is 17.5 Å². The molecule has 0 fully saturated rings. The fourth-order valence-electron chi connectivity index (χ4n) is 1.20. The Hall–Kier alpha value is -1.65. The number of nitro benzene ring substituents is 1. The maximum absolute atomic E-state index is 13.2. The van der Waals surface area contributed by atoms with E-state index in [9.17, 15) is 14.5 Å². The van der Waals surface area contributed by atoms with E-state index in [1.807, 2.05) is 20.8 Å². The maximum atomic E-state index is 13.2. The molecule has 1 aromatic rings. The van der Waals surface area contributed by atoms with Crippen molar-refractivity contribution < 1.29 is 9.31 Å². The van der Waals surface area contributed by atoms with Gasteiger partial charge in [0, 0.05) is 6.54 Å². The summed E-state index contributed by atoms with van der Waals surface area (Å²) in [5, 5.41) is 13.6. The van der Waals surface area contributed by atoms with Gasteiger partial charge >= 0.3 is 5.69 Å². The summed E-state index contributed by atoms with van der Waals surface area (Å²) < 4.78 is 13.2. The van der Waals surface area contributed by atoms with Crippen molar-refractivity contribution in [2.75, 3.05) is 11.9 Å². The topological polar surface area (TPSA) is 55.2 Å². The number of anilines is 1. The smallest absolute Gasteiger partial charge is 0.327 e. The maximum Gasteiger partial charge on any atom is 0.327 e. The van der Waals surface area contributed by atoms with Gasteiger partial charge in [-0.25, -0.2) is 0 Å². The Morgan fingerprint density at radius 3 is 2.56 bits per heavy atom. The molecule has 4 nitrogen and oxygen atoms in total. The van der Waals surface area contributed by atoms with Crippen molar-refractivity contribution in [2.45, 2.75) is 20.8 Å². The van der Waals surface area contributed by atoms with Crippen molar-refractivity contribution in [2.24, 2.45) is 5.41 Å². The number of benzene rings is 1. The summed E-state index contributed by atoms with van der Waals surface area (Å²) in [7, 11) is 0. The molecular formula is C11H15FN2O2. The third-order valence-electron chi connectivity index (χ3n) is 1.98. The van der Waals surface area contributed by atoms with E-state index in [2.05, 4.69) is 5.32 Å². The number of hydrogen-bond acceptors (Lipinski definition) is 3. The largest absolute Gasteiger partial charge is 0.379 e. The van der Waals surface area contributed by atoms with E-state index in [1.165, 1.54) is 12.1 Å². The molecule has 0 bridgehead atoms. The van der Waals surface area contributed by atoms with Gasteiger partial charge < -0.3 is 5.32 Å². The molecule has 0 aliphatic rings. The average molecular weight is 226 g/mol. The molecule has 1 rings (SSSR count). The summed E-state index contributed by atoms with van der Waals surface area (Å²) >= 11 is 0. The van der Waals surface area contributed by atoms with Crippen LogP contribution in [0.15, 0.2) is 18.2 Å². The molecule has 0 amide bonds. The Balaban J connectivity index is 2.96. The average Bonchev–Trinajstić information content (AvgIpc) is 2.12. The number of hydrogen-bond donors (Lipinski definition) is 1. The first-order chi connectivity index (χ1) is 7.31. The van der Waals surface area contributed by atoms with Crippen LogP contribution in [-0.4, -0.2) is 11.5 Å². The van der Waals surface area contributed by atoms with E-state index < -0.39 is 16.4 Å². The van der Waals surface area contributed by atoms with Crippen LogP contribution >= 0.6 is 0 Å². The van der Waals surface area contributed by atoms with Crippen molar-refractivity contribution >= 4 is 11.4 Å². The van der Waals surface area contributed by atoms with Gasteiger partial charge in [0.15, 0.2) is 0 Å². The van der Waals surface area contributed by atoms with Crippen molar-refractivity contribution in [1.82, 2.24) is 0 Å². The number of nitrogens with one attached hydrogen (secondary N) is 1. The molecule has 0 heterocycles. The van der Waals surface area contributed by atoms with Gasteiger partial charge in [0.2, 0.25) is 5.82 Å². The molecular weight excluding hydrogens is 211 g/mol. The molecule has 0 saturated heterocycles. The van der Waals surface area contributed by atoms with Crippen molar-refractivity contribution in [3.8, 4) is 0 Å². The minimum absolute atomic E-state index is 0.0276. The summed E-state index contributed by atoms with van der Waals surface area (Å²) in [5.41, 5.74) is -0.299. The zero-order valence-corrected chi connectivity index (χ0v) is 9.58. The minimum atomic E-state index is -0.816. The van der Waals surface area contributed by atoms with E-state index in [-0.39, 0.29) is 11.1 Å². The fraction of sp³-hybridized carbons (Fsp3) is 0.455. The molecule has 0 aliphatic heterocycles. The van der Waals surface area contributed by atoms with Gasteiger partial charge in [0.25, 0.3) is 0 Å². The highest BCUT2D eigenvalue weighted by atomic mass is 19.1. The standard InChI is InChI=1S/C11H15FN2O2/c1-11(2,3)7-13-9-6-4-5-8(12)10(9)14(15)16/h4-6,13H,7H2,1-3H3. The first-order valence-electron chi connectivity index (χ1n) is 4.98. The highest BCUT2D eigenvalue weighted by molar-refractivity contribution is 5.61. The monoisotopic (exact) mass is 226 g/mol. The lowest BCUT2D eigenvalue weighted by Crippen LogP contribution is -2.19. The highest BCUT2D eigenvalue weighted by Crippen LogP contribution is 2.28. The number of rotatable bonds is 3. The molecule has 5 heteroatoms. The minimum Gasteiger partial charge on any atom is -0.379 e. The van der Waals surface area contributed by atoms with Crippen LogP contribution in [0.2, 0.25) is 0 Å². The highest BCUT2D eigenvalue weighted by Gasteiger charge is 2.20. The normalized spacial score (nSPS) is 11.2. The van der Waals surface area contributed by atoms with Crippen LogP contribution < -0.4 is 5.32 Å². The third kappa shape index (κ3) is 3.18. The van der Waals surface area contributed by atoms with Gasteiger partial charge in [-0.1, -0.05) is 26.8 Å². The van der Waals surface area contributed by atoms with Crippen LogP contribution in [0.25, 0.3) is 0 Å². The lowest BCUT2D eigenvalue weighted by molar-refractivity contribution is -0.386. The zero-order valence-electron chi connectivity index (χ0n) is 9.58. The van der Waals surface area contributed by atoms with Gasteiger partial charge in [0.05, 0.1) is 4.92 Å². The summed E-state index contributed by atoms with van der Waals surface area (Å²) in [6.45, 7) is 6.51. The lowest BCUT2D eigenvalue weighted by atomic mass is 9.97. The molecule has 0 atom stereocenters. The molecule has 0 saturated carbocycles. The number of nitrogens with zero attached hydrogens (tertiary/aromatic N) is 1. The SMILES string of the molecule is CC(C)(C)CNc1cccc(F)c1[N+](=O)[O-]. The second kappa shape index (κ2) is 4.47. The molecule has 16 heavy (non-hydrogen) atoms. The first kappa shape index (κ1) is 12.4. The van der Waals surface area contributed by atoms with Crippen LogP contribution in [0.4, 0.5) is 15.8 Å². The second-order valence-corrected chi connectivity index (χ2v) is 4.81. The number of nitro groups is 1. The Kier molecular flexibility index (Phi) is 3.47. The number of halogens is 1. The molecule has 0 aromatic heterocycles. The number of para-hydroxylation sites is 1. The van der Waals surface area contributed by atoms with Gasteiger partial charge in [-0.15, -0.1) is 0 Å². The van der Waals surface area contributed by atoms with Crippen LogP contribution in [0.3, 0.4) is 0 Å². The quantitative estimate of drug-likeness (QED) is 0.636. The van der Waals surface area contributed by atoms with E-state index in [0.717, 1.165) is 6.07 Å². The van der Waals surface area contributed by atoms with E-state index in [4.69, 9.17) is 0 Å². The van der Waals surface area contributed by atoms with Crippen molar-refractivity contribution in [1.29, 1.82) is 0 Å². The Morgan fingerprint density at radius 2 is 2.06 bits per heavy atom. The molecule has 88 valence electrons. The molecule has 0 aliphatic carbocycles. The summed E-state index contributed by atoms with van der Waals surface area (Å²) in [5.74, 6) is -0.816. The molecule has 0 spiro atoms. The van der Waals surface area contributed by atoms with Gasteiger partial charge in [0.1, 0.15) is 5.69 Å². The Bertz CT molecular complexity index is 399. The van der Waals surface area contributed by atoms with Crippen molar-refractivity contribution in [3.63, 3.8) is 0 Å². The second-order valence-electron chi connectivity index (χ2n) is 4.81. The predicted molar refractivity (Wildman–Crippen MR) is 61.0 cm³/mol. The van der Waals surface area contributed by atoms with E-state index >= 15 is 0 Å². The Morgan fingerprint density at radius 1 is 1.44 bits per heavy atom. The molecule has 0 radical (unpaired) electrons. The third-order valence-corrected chi connectivity index (χ3v) is 1.98. The van der Waals surface area contributed by atoms with Gasteiger partial charge in [-0.3, -0.25) is 10.1 Å². The van der Waals surface area contributed by atoms with Crippen LogP contribution in [-0.2, 0) is 0 Å². The fourth-order valence-corrected chi connectivity index (χ4v) is 1.20.